The molecule has 0 aliphatic rings. The van der Waals surface area contributed by atoms with Crippen molar-refractivity contribution in [2.24, 2.45) is 0 Å². The fourth-order valence-electron chi connectivity index (χ4n) is 2.33. The molecule has 3 aromatic rings. The number of nitrogens with zero attached hydrogens (tertiary/aromatic N) is 5. The lowest BCUT2D eigenvalue weighted by atomic mass is 10.1. The van der Waals surface area contributed by atoms with Gasteiger partial charge in [0.25, 0.3) is 5.69 Å². The number of nitro benzene ring substituents is 1. The molecule has 0 N–H and O–H groups in total. The SMILES string of the molecule is COc1ccccc1-n1nnnc1S[C@@H](C)c1cccc([N+](=O)[O-])c1. The highest BCUT2D eigenvalue weighted by Gasteiger charge is 2.18. The molecule has 0 radical (unpaired) electrons. The topological polar surface area (TPSA) is 96.0 Å². The van der Waals surface area contributed by atoms with Crippen molar-refractivity contribution in [3.05, 3.63) is 64.2 Å². The zero-order valence-electron chi connectivity index (χ0n) is 13.6. The Morgan fingerprint density at radius 3 is 2.80 bits per heavy atom. The molecule has 25 heavy (non-hydrogen) atoms. The Kier molecular flexibility index (Phi) is 4.94. The van der Waals surface area contributed by atoms with Crippen molar-refractivity contribution in [1.29, 1.82) is 0 Å². The van der Waals surface area contributed by atoms with Gasteiger partial charge in [-0.1, -0.05) is 36.0 Å². The van der Waals surface area contributed by atoms with E-state index < -0.39 is 4.92 Å². The van der Waals surface area contributed by atoms with Gasteiger partial charge in [-0.2, -0.15) is 4.68 Å². The molecule has 0 aliphatic heterocycles. The molecule has 9 heteroatoms. The highest BCUT2D eigenvalue weighted by atomic mass is 32.2. The number of thioether (sulfide) groups is 1. The number of benzene rings is 2. The summed E-state index contributed by atoms with van der Waals surface area (Å²) in [5, 5.41) is 23.3. The van der Waals surface area contributed by atoms with Crippen LogP contribution < -0.4 is 4.74 Å². The number of non-ortho nitro benzene ring substituents is 1. The molecule has 0 bridgehead atoms. The summed E-state index contributed by atoms with van der Waals surface area (Å²) in [6.07, 6.45) is 0. The molecule has 0 aliphatic carbocycles. The number of hydrogen-bond acceptors (Lipinski definition) is 7. The van der Waals surface area contributed by atoms with Crippen molar-refractivity contribution in [3.8, 4) is 11.4 Å². The van der Waals surface area contributed by atoms with Crippen LogP contribution in [0.25, 0.3) is 5.69 Å². The van der Waals surface area contributed by atoms with Crippen molar-refractivity contribution in [2.45, 2.75) is 17.3 Å². The van der Waals surface area contributed by atoms with Crippen LogP contribution in [0.15, 0.2) is 53.7 Å². The number of hydrogen-bond donors (Lipinski definition) is 0. The van der Waals surface area contributed by atoms with Crippen LogP contribution in [0.3, 0.4) is 0 Å². The molecule has 0 fully saturated rings. The van der Waals surface area contributed by atoms with E-state index in [-0.39, 0.29) is 10.9 Å². The Morgan fingerprint density at radius 1 is 1.24 bits per heavy atom. The quantitative estimate of drug-likeness (QED) is 0.379. The minimum Gasteiger partial charge on any atom is -0.494 e. The van der Waals surface area contributed by atoms with Crippen molar-refractivity contribution in [1.82, 2.24) is 20.2 Å². The molecule has 8 nitrogen and oxygen atoms in total. The van der Waals surface area contributed by atoms with E-state index in [4.69, 9.17) is 4.74 Å². The minimum absolute atomic E-state index is 0.0641. The van der Waals surface area contributed by atoms with Gasteiger partial charge >= 0.3 is 0 Å². The lowest BCUT2D eigenvalue weighted by Gasteiger charge is -2.12. The van der Waals surface area contributed by atoms with Crippen molar-refractivity contribution in [2.75, 3.05) is 7.11 Å². The third-order valence-corrected chi connectivity index (χ3v) is 4.68. The van der Waals surface area contributed by atoms with E-state index in [0.717, 1.165) is 11.3 Å². The second kappa shape index (κ2) is 7.31. The molecule has 3 rings (SSSR count). The van der Waals surface area contributed by atoms with E-state index in [2.05, 4.69) is 15.5 Å². The summed E-state index contributed by atoms with van der Waals surface area (Å²) in [5.74, 6) is 0.652. The Hall–Kier alpha value is -2.94. The van der Waals surface area contributed by atoms with Gasteiger partial charge in [-0.3, -0.25) is 10.1 Å². The number of para-hydroxylation sites is 2. The zero-order chi connectivity index (χ0) is 17.8. The molecular weight excluding hydrogens is 342 g/mol. The molecule has 0 spiro atoms. The van der Waals surface area contributed by atoms with Gasteiger partial charge in [0.15, 0.2) is 0 Å². The second-order valence-electron chi connectivity index (χ2n) is 5.16. The van der Waals surface area contributed by atoms with E-state index in [1.807, 2.05) is 37.3 Å². The largest absolute Gasteiger partial charge is 0.494 e. The predicted molar refractivity (Wildman–Crippen MR) is 93.1 cm³/mol. The highest BCUT2D eigenvalue weighted by molar-refractivity contribution is 7.99. The average Bonchev–Trinajstić information content (AvgIpc) is 3.09. The van der Waals surface area contributed by atoms with Crippen LogP contribution in [0.1, 0.15) is 17.7 Å². The number of rotatable bonds is 6. The lowest BCUT2D eigenvalue weighted by Crippen LogP contribution is -2.02. The fourth-order valence-corrected chi connectivity index (χ4v) is 3.24. The lowest BCUT2D eigenvalue weighted by molar-refractivity contribution is -0.384. The monoisotopic (exact) mass is 357 g/mol. The molecule has 1 atom stereocenters. The van der Waals surface area contributed by atoms with E-state index in [1.165, 1.54) is 17.8 Å². The first-order chi connectivity index (χ1) is 12.1. The van der Waals surface area contributed by atoms with Gasteiger partial charge < -0.3 is 4.74 Å². The van der Waals surface area contributed by atoms with Crippen LogP contribution in [-0.4, -0.2) is 32.2 Å². The van der Waals surface area contributed by atoms with Crippen molar-refractivity contribution < 1.29 is 9.66 Å². The third-order valence-electron chi connectivity index (χ3n) is 3.59. The zero-order valence-corrected chi connectivity index (χ0v) is 14.4. The van der Waals surface area contributed by atoms with Crippen LogP contribution in [0.2, 0.25) is 0 Å². The summed E-state index contributed by atoms with van der Waals surface area (Å²) in [6, 6.07) is 14.0. The average molecular weight is 357 g/mol. The van der Waals surface area contributed by atoms with Gasteiger partial charge in [-0.15, -0.1) is 5.10 Å². The third kappa shape index (κ3) is 3.61. The smallest absolute Gasteiger partial charge is 0.269 e. The Labute approximate surface area is 148 Å². The van der Waals surface area contributed by atoms with Crippen LogP contribution in [-0.2, 0) is 0 Å². The van der Waals surface area contributed by atoms with Crippen molar-refractivity contribution in [3.63, 3.8) is 0 Å². The predicted octanol–water partition coefficient (Wildman–Crippen LogP) is 3.43. The van der Waals surface area contributed by atoms with Crippen LogP contribution in [0.5, 0.6) is 5.75 Å². The van der Waals surface area contributed by atoms with Crippen LogP contribution in [0.4, 0.5) is 5.69 Å². The maximum Gasteiger partial charge on any atom is 0.269 e. The maximum absolute atomic E-state index is 11.0. The van der Waals surface area contributed by atoms with Crippen LogP contribution in [0, 0.1) is 10.1 Å². The number of aromatic nitrogens is 4. The van der Waals surface area contributed by atoms with E-state index in [1.54, 1.807) is 23.9 Å². The summed E-state index contributed by atoms with van der Waals surface area (Å²) in [4.78, 5) is 10.5. The van der Waals surface area contributed by atoms with Gasteiger partial charge in [0, 0.05) is 17.4 Å². The summed E-state index contributed by atoms with van der Waals surface area (Å²) in [5.41, 5.74) is 1.62. The highest BCUT2D eigenvalue weighted by Crippen LogP contribution is 2.36. The minimum atomic E-state index is -0.403. The summed E-state index contributed by atoms with van der Waals surface area (Å²) >= 11 is 1.41. The summed E-state index contributed by atoms with van der Waals surface area (Å²) in [7, 11) is 1.59. The molecule has 2 aromatic carbocycles. The van der Waals surface area contributed by atoms with Crippen LogP contribution >= 0.6 is 11.8 Å². The van der Waals surface area contributed by atoms with E-state index in [9.17, 15) is 10.1 Å². The summed E-state index contributed by atoms with van der Waals surface area (Å²) in [6.45, 7) is 1.95. The molecular formula is C16H15N5O3S. The van der Waals surface area contributed by atoms with E-state index in [0.29, 0.717) is 10.9 Å². The molecule has 0 saturated heterocycles. The molecule has 0 unspecified atom stereocenters. The number of tetrazole rings is 1. The number of ether oxygens (including phenoxy) is 1. The maximum atomic E-state index is 11.0. The van der Waals surface area contributed by atoms with Gasteiger partial charge in [-0.25, -0.2) is 0 Å². The Balaban J connectivity index is 1.89. The molecule has 1 aromatic heterocycles. The van der Waals surface area contributed by atoms with Gasteiger partial charge in [-0.05, 0) is 35.0 Å². The first-order valence-electron chi connectivity index (χ1n) is 7.43. The molecule has 128 valence electrons. The van der Waals surface area contributed by atoms with E-state index >= 15 is 0 Å². The van der Waals surface area contributed by atoms with Crippen molar-refractivity contribution >= 4 is 17.4 Å². The second-order valence-corrected chi connectivity index (χ2v) is 6.47. The molecule has 0 amide bonds. The fraction of sp³-hybridized carbons (Fsp3) is 0.188. The van der Waals surface area contributed by atoms with Gasteiger partial charge in [0.2, 0.25) is 5.16 Å². The van der Waals surface area contributed by atoms with Gasteiger partial charge in [0.05, 0.1) is 12.0 Å². The number of nitro groups is 1. The van der Waals surface area contributed by atoms with Gasteiger partial charge in [0.1, 0.15) is 11.4 Å². The molecule has 1 heterocycles. The molecule has 0 saturated carbocycles. The normalized spacial score (nSPS) is 11.9. The number of methoxy groups -OCH3 is 1. The summed E-state index contributed by atoms with van der Waals surface area (Å²) < 4.78 is 6.95. The first-order valence-corrected chi connectivity index (χ1v) is 8.31. The standard InChI is InChI=1S/C16H15N5O3S/c1-11(12-6-5-7-13(10-12)21(22)23)25-16-17-18-19-20(16)14-8-3-4-9-15(14)24-2/h3-11H,1-2H3/t11-/m0/s1. The Bertz CT molecular complexity index is 899. The first kappa shape index (κ1) is 16.9. The Morgan fingerprint density at radius 2 is 2.04 bits per heavy atom.